The third kappa shape index (κ3) is 5.01. The van der Waals surface area contributed by atoms with Crippen LogP contribution in [0.4, 0.5) is 0 Å². The molecule has 0 unspecified atom stereocenters. The second kappa shape index (κ2) is 7.99. The molecule has 1 aromatic carbocycles. The quantitative estimate of drug-likeness (QED) is 0.614. The van der Waals surface area contributed by atoms with Crippen LogP contribution in [-0.2, 0) is 16.1 Å². The monoisotopic (exact) mass is 287 g/mol. The summed E-state index contributed by atoms with van der Waals surface area (Å²) in [5, 5.41) is 0. The molecule has 0 N–H and O–H groups in total. The van der Waals surface area contributed by atoms with Crippen LogP contribution >= 0.6 is 0 Å². The Labute approximate surface area is 127 Å². The van der Waals surface area contributed by atoms with Gasteiger partial charge in [-0.25, -0.2) is 4.79 Å². The number of esters is 1. The molecular weight excluding hydrogens is 262 g/mol. The number of nitrogens with zero attached hydrogens (tertiary/aromatic N) is 1. The normalized spacial score (nSPS) is 17.7. The van der Waals surface area contributed by atoms with Crippen LogP contribution in [0.2, 0.25) is 0 Å². The molecule has 1 fully saturated rings. The first-order chi connectivity index (χ1) is 10.2. The molecule has 3 nitrogen and oxygen atoms in total. The molecular formula is C18H25NO2. The Bertz CT molecular complexity index is 473. The zero-order chi connectivity index (χ0) is 15.1. The predicted octanol–water partition coefficient (Wildman–Crippen LogP) is 3.41. The van der Waals surface area contributed by atoms with Gasteiger partial charge in [-0.3, -0.25) is 4.90 Å². The molecule has 3 heteroatoms. The first-order valence-corrected chi connectivity index (χ1v) is 7.80. The fourth-order valence-electron chi connectivity index (χ4n) is 2.88. The summed E-state index contributed by atoms with van der Waals surface area (Å²) in [6.45, 7) is 7.53. The second-order valence-electron chi connectivity index (χ2n) is 5.68. The van der Waals surface area contributed by atoms with Crippen molar-refractivity contribution in [2.45, 2.75) is 33.2 Å². The van der Waals surface area contributed by atoms with Gasteiger partial charge in [0.2, 0.25) is 0 Å². The van der Waals surface area contributed by atoms with Gasteiger partial charge in [0.15, 0.2) is 0 Å². The number of piperidine rings is 1. The van der Waals surface area contributed by atoms with Crippen molar-refractivity contribution >= 4 is 5.97 Å². The molecule has 0 aliphatic carbocycles. The van der Waals surface area contributed by atoms with Crippen LogP contribution in [0, 0.1) is 5.92 Å². The Hall–Kier alpha value is -1.61. The Morgan fingerprint density at radius 1 is 1.29 bits per heavy atom. The van der Waals surface area contributed by atoms with E-state index >= 15 is 0 Å². The maximum absolute atomic E-state index is 11.5. The summed E-state index contributed by atoms with van der Waals surface area (Å²) in [6, 6.07) is 10.6. The largest absolute Gasteiger partial charge is 0.463 e. The molecule has 0 bridgehead atoms. The molecule has 0 spiro atoms. The van der Waals surface area contributed by atoms with E-state index in [1.54, 1.807) is 6.08 Å². The van der Waals surface area contributed by atoms with Crippen LogP contribution in [0.3, 0.4) is 0 Å². The van der Waals surface area contributed by atoms with Crippen LogP contribution in [0.25, 0.3) is 0 Å². The second-order valence-corrected chi connectivity index (χ2v) is 5.68. The van der Waals surface area contributed by atoms with Gasteiger partial charge < -0.3 is 4.74 Å². The average molecular weight is 287 g/mol. The van der Waals surface area contributed by atoms with E-state index in [1.807, 2.05) is 6.92 Å². The van der Waals surface area contributed by atoms with E-state index in [9.17, 15) is 4.79 Å². The standard InChI is InChI=1S/C18H25NO2/c1-3-21-18(20)13-15(2)17-9-11-19(12-10-17)14-16-7-5-4-6-8-16/h4-8,13,17H,3,9-12,14H2,1-2H3. The number of hydrogen-bond donors (Lipinski definition) is 0. The van der Waals surface area contributed by atoms with E-state index in [1.165, 1.54) is 5.56 Å². The lowest BCUT2D eigenvalue weighted by Gasteiger charge is -2.32. The highest BCUT2D eigenvalue weighted by molar-refractivity contribution is 5.82. The van der Waals surface area contributed by atoms with Gasteiger partial charge >= 0.3 is 5.97 Å². The van der Waals surface area contributed by atoms with Crippen molar-refractivity contribution in [3.63, 3.8) is 0 Å². The third-order valence-electron chi connectivity index (χ3n) is 4.11. The summed E-state index contributed by atoms with van der Waals surface area (Å²) in [5.41, 5.74) is 2.53. The summed E-state index contributed by atoms with van der Waals surface area (Å²) < 4.78 is 4.98. The van der Waals surface area contributed by atoms with Crippen molar-refractivity contribution in [2.24, 2.45) is 5.92 Å². The van der Waals surface area contributed by atoms with E-state index in [0.29, 0.717) is 12.5 Å². The summed E-state index contributed by atoms with van der Waals surface area (Å²) >= 11 is 0. The van der Waals surface area contributed by atoms with Gasteiger partial charge in [-0.15, -0.1) is 0 Å². The van der Waals surface area contributed by atoms with Crippen molar-refractivity contribution in [1.29, 1.82) is 0 Å². The van der Waals surface area contributed by atoms with Gasteiger partial charge in [0.05, 0.1) is 6.61 Å². The zero-order valence-electron chi connectivity index (χ0n) is 13.0. The van der Waals surface area contributed by atoms with Crippen molar-refractivity contribution in [3.8, 4) is 0 Å². The average Bonchev–Trinajstić information content (AvgIpc) is 2.49. The van der Waals surface area contributed by atoms with E-state index in [-0.39, 0.29) is 5.97 Å². The molecule has 114 valence electrons. The number of likely N-dealkylation sites (tertiary alicyclic amines) is 1. The van der Waals surface area contributed by atoms with Crippen LogP contribution in [0.5, 0.6) is 0 Å². The van der Waals surface area contributed by atoms with Crippen molar-refractivity contribution in [1.82, 2.24) is 4.90 Å². The minimum atomic E-state index is -0.207. The Morgan fingerprint density at radius 3 is 2.57 bits per heavy atom. The van der Waals surface area contributed by atoms with E-state index < -0.39 is 0 Å². The smallest absolute Gasteiger partial charge is 0.330 e. The molecule has 2 rings (SSSR count). The number of hydrogen-bond acceptors (Lipinski definition) is 3. The number of allylic oxidation sites excluding steroid dienone is 1. The summed E-state index contributed by atoms with van der Waals surface area (Å²) in [5.74, 6) is 0.308. The van der Waals surface area contributed by atoms with Gasteiger partial charge in [0.1, 0.15) is 0 Å². The van der Waals surface area contributed by atoms with Crippen LogP contribution in [-0.4, -0.2) is 30.6 Å². The summed E-state index contributed by atoms with van der Waals surface area (Å²) in [7, 11) is 0. The number of carbonyl (C=O) groups excluding carboxylic acids is 1. The lowest BCUT2D eigenvalue weighted by Crippen LogP contribution is -2.33. The predicted molar refractivity (Wildman–Crippen MR) is 84.8 cm³/mol. The van der Waals surface area contributed by atoms with Gasteiger partial charge in [-0.1, -0.05) is 35.9 Å². The topological polar surface area (TPSA) is 29.5 Å². The number of rotatable bonds is 5. The van der Waals surface area contributed by atoms with Gasteiger partial charge in [0, 0.05) is 12.6 Å². The molecule has 0 radical (unpaired) electrons. The molecule has 21 heavy (non-hydrogen) atoms. The minimum absolute atomic E-state index is 0.207. The number of carbonyl (C=O) groups is 1. The molecule has 0 atom stereocenters. The highest BCUT2D eigenvalue weighted by Crippen LogP contribution is 2.25. The van der Waals surface area contributed by atoms with Crippen molar-refractivity contribution < 1.29 is 9.53 Å². The van der Waals surface area contributed by atoms with E-state index in [4.69, 9.17) is 4.74 Å². The molecule has 1 saturated heterocycles. The third-order valence-corrected chi connectivity index (χ3v) is 4.11. The van der Waals surface area contributed by atoms with Crippen molar-refractivity contribution in [3.05, 3.63) is 47.5 Å². The molecule has 1 aromatic rings. The molecule has 1 aliphatic rings. The Kier molecular flexibility index (Phi) is 6.00. The summed E-state index contributed by atoms with van der Waals surface area (Å²) in [6.07, 6.45) is 3.91. The number of ether oxygens (including phenoxy) is 1. The van der Waals surface area contributed by atoms with Crippen LogP contribution < -0.4 is 0 Å². The fraction of sp³-hybridized carbons (Fsp3) is 0.500. The molecule has 0 aromatic heterocycles. The molecule has 1 heterocycles. The molecule has 1 aliphatic heterocycles. The molecule has 0 amide bonds. The Balaban J connectivity index is 1.81. The lowest BCUT2D eigenvalue weighted by molar-refractivity contribution is -0.137. The first-order valence-electron chi connectivity index (χ1n) is 7.80. The minimum Gasteiger partial charge on any atom is -0.463 e. The first kappa shape index (κ1) is 15.8. The Morgan fingerprint density at radius 2 is 1.95 bits per heavy atom. The van der Waals surface area contributed by atoms with Crippen LogP contribution in [0.1, 0.15) is 32.3 Å². The van der Waals surface area contributed by atoms with Crippen molar-refractivity contribution in [2.75, 3.05) is 19.7 Å². The van der Waals surface area contributed by atoms with E-state index in [0.717, 1.165) is 38.0 Å². The van der Waals surface area contributed by atoms with Gasteiger partial charge in [0.25, 0.3) is 0 Å². The summed E-state index contributed by atoms with van der Waals surface area (Å²) in [4.78, 5) is 14.0. The van der Waals surface area contributed by atoms with Crippen LogP contribution in [0.15, 0.2) is 42.0 Å². The highest BCUT2D eigenvalue weighted by atomic mass is 16.5. The highest BCUT2D eigenvalue weighted by Gasteiger charge is 2.20. The zero-order valence-corrected chi connectivity index (χ0v) is 13.0. The SMILES string of the molecule is CCOC(=O)C=C(C)C1CCN(Cc2ccccc2)CC1. The molecule has 0 saturated carbocycles. The number of benzene rings is 1. The fourth-order valence-corrected chi connectivity index (χ4v) is 2.88. The maximum Gasteiger partial charge on any atom is 0.330 e. The van der Waals surface area contributed by atoms with Gasteiger partial charge in [-0.05, 0) is 51.3 Å². The van der Waals surface area contributed by atoms with Gasteiger partial charge in [-0.2, -0.15) is 0 Å². The van der Waals surface area contributed by atoms with E-state index in [2.05, 4.69) is 42.2 Å². The maximum atomic E-state index is 11.5. The lowest BCUT2D eigenvalue weighted by atomic mass is 9.89.